The molecule has 0 bridgehead atoms. The van der Waals surface area contributed by atoms with Crippen LogP contribution in [0.1, 0.15) is 33.5 Å². The molecule has 2 aromatic rings. The van der Waals surface area contributed by atoms with Crippen molar-refractivity contribution in [2.75, 3.05) is 26.4 Å². The second kappa shape index (κ2) is 9.01. The fourth-order valence-corrected chi connectivity index (χ4v) is 3.27. The topological polar surface area (TPSA) is 99.4 Å². The predicted octanol–water partition coefficient (Wildman–Crippen LogP) is 2.85. The van der Waals surface area contributed by atoms with Crippen LogP contribution in [0, 0.1) is 25.1 Å². The lowest BCUT2D eigenvalue weighted by molar-refractivity contribution is 0.0752. The van der Waals surface area contributed by atoms with E-state index in [0.29, 0.717) is 22.2 Å². The summed E-state index contributed by atoms with van der Waals surface area (Å²) in [6.07, 6.45) is -1.38. The quantitative estimate of drug-likeness (QED) is 0.722. The Kier molecular flexibility index (Phi) is 6.62. The number of amides is 1. The molecule has 1 aliphatic rings. The van der Waals surface area contributed by atoms with Crippen LogP contribution in [0.25, 0.3) is 0 Å². The van der Waals surface area contributed by atoms with Crippen molar-refractivity contribution in [2.45, 2.75) is 25.9 Å². The van der Waals surface area contributed by atoms with Crippen molar-refractivity contribution >= 4 is 23.2 Å². The Morgan fingerprint density at radius 2 is 2.07 bits per heavy atom. The number of carbonyl (C=O) groups excluding carboxylic acids is 1. The number of nitrogens with zero attached hydrogens (tertiary/aromatic N) is 3. The summed E-state index contributed by atoms with van der Waals surface area (Å²) in [5.41, 5.74) is 1.51. The highest BCUT2D eigenvalue weighted by Crippen LogP contribution is 2.29. The van der Waals surface area contributed by atoms with Crippen LogP contribution >= 0.6 is 11.6 Å². The summed E-state index contributed by atoms with van der Waals surface area (Å²) in [4.78, 5) is 23.2. The number of nitrogens with one attached hydrogen (secondary N) is 1. The Morgan fingerprint density at radius 1 is 1.40 bits per heavy atom. The van der Waals surface area contributed by atoms with E-state index in [0.717, 1.165) is 12.1 Å². The van der Waals surface area contributed by atoms with Gasteiger partial charge in [0.2, 0.25) is 0 Å². The minimum atomic E-state index is -1.38. The Labute approximate surface area is 177 Å². The third-order valence-corrected chi connectivity index (χ3v) is 5.31. The van der Waals surface area contributed by atoms with Crippen LogP contribution in [0.15, 0.2) is 18.2 Å². The van der Waals surface area contributed by atoms with Crippen LogP contribution in [0.2, 0.25) is 5.02 Å². The molecule has 30 heavy (non-hydrogen) atoms. The molecule has 2 atom stereocenters. The monoisotopic (exact) mass is 438 g/mol. The number of aliphatic hydroxyl groups is 1. The molecule has 160 valence electrons. The number of carbonyl (C=O) groups is 1. The minimum Gasteiger partial charge on any atom is -0.490 e. The van der Waals surface area contributed by atoms with Gasteiger partial charge in [-0.15, -0.1) is 0 Å². The van der Waals surface area contributed by atoms with E-state index in [1.165, 1.54) is 11.0 Å². The Bertz CT molecular complexity index is 966. The number of hydrogen-bond donors (Lipinski definition) is 2. The van der Waals surface area contributed by atoms with Gasteiger partial charge in [-0.25, -0.2) is 18.7 Å². The van der Waals surface area contributed by atoms with E-state index in [1.54, 1.807) is 13.8 Å². The second-order valence-electron chi connectivity index (χ2n) is 7.09. The SMILES string of the molecule is Cc1nc(C2CN(C(=O)c3ccc(F)cc3OCC(O)CF)CC2=N)nc(C)c1Cl. The van der Waals surface area contributed by atoms with E-state index in [2.05, 4.69) is 9.97 Å². The van der Waals surface area contributed by atoms with E-state index >= 15 is 0 Å². The zero-order chi connectivity index (χ0) is 22.0. The zero-order valence-corrected chi connectivity index (χ0v) is 17.2. The highest BCUT2D eigenvalue weighted by molar-refractivity contribution is 6.31. The molecule has 0 aliphatic carbocycles. The van der Waals surface area contributed by atoms with Gasteiger partial charge in [0.15, 0.2) is 0 Å². The Balaban J connectivity index is 1.82. The molecule has 3 rings (SSSR count). The number of hydrogen-bond acceptors (Lipinski definition) is 6. The fourth-order valence-electron chi connectivity index (χ4n) is 3.18. The molecule has 7 nitrogen and oxygen atoms in total. The minimum absolute atomic E-state index is 0.0531. The summed E-state index contributed by atoms with van der Waals surface area (Å²) < 4.78 is 31.4. The average Bonchev–Trinajstić information content (AvgIpc) is 3.11. The number of alkyl halides is 1. The van der Waals surface area contributed by atoms with Crippen LogP contribution in [0.5, 0.6) is 5.75 Å². The number of aromatic nitrogens is 2. The number of aryl methyl sites for hydroxylation is 2. The second-order valence-corrected chi connectivity index (χ2v) is 7.47. The molecular formula is C20H21ClF2N4O3. The van der Waals surface area contributed by atoms with Crippen LogP contribution in [0.4, 0.5) is 8.78 Å². The summed E-state index contributed by atoms with van der Waals surface area (Å²) in [7, 11) is 0. The van der Waals surface area contributed by atoms with Gasteiger partial charge in [0.05, 0.1) is 34.4 Å². The van der Waals surface area contributed by atoms with Gasteiger partial charge in [0.1, 0.15) is 36.8 Å². The molecule has 1 amide bonds. The molecule has 0 saturated carbocycles. The normalized spacial score (nSPS) is 17.3. The molecule has 0 spiro atoms. The van der Waals surface area contributed by atoms with Crippen LogP contribution < -0.4 is 4.74 Å². The van der Waals surface area contributed by atoms with Gasteiger partial charge < -0.3 is 20.2 Å². The predicted molar refractivity (Wildman–Crippen MR) is 107 cm³/mol. The van der Waals surface area contributed by atoms with Crippen molar-refractivity contribution in [2.24, 2.45) is 0 Å². The van der Waals surface area contributed by atoms with E-state index in [9.17, 15) is 18.7 Å². The molecule has 1 aromatic carbocycles. The number of ether oxygens (including phenoxy) is 1. The summed E-state index contributed by atoms with van der Waals surface area (Å²) in [6, 6.07) is 3.38. The van der Waals surface area contributed by atoms with Gasteiger partial charge in [-0.05, 0) is 26.0 Å². The maximum absolute atomic E-state index is 13.6. The van der Waals surface area contributed by atoms with E-state index in [-0.39, 0.29) is 30.1 Å². The van der Waals surface area contributed by atoms with Crippen LogP contribution in [-0.4, -0.2) is 64.1 Å². The third kappa shape index (κ3) is 4.57. The van der Waals surface area contributed by atoms with Gasteiger partial charge in [-0.1, -0.05) is 11.6 Å². The number of benzene rings is 1. The molecule has 2 unspecified atom stereocenters. The highest BCUT2D eigenvalue weighted by Gasteiger charge is 2.35. The lowest BCUT2D eigenvalue weighted by Gasteiger charge is -2.19. The lowest BCUT2D eigenvalue weighted by atomic mass is 10.1. The average molecular weight is 439 g/mol. The van der Waals surface area contributed by atoms with E-state index in [4.69, 9.17) is 21.7 Å². The molecule has 0 radical (unpaired) electrons. The first-order valence-corrected chi connectivity index (χ1v) is 9.62. The van der Waals surface area contributed by atoms with Gasteiger partial charge in [0, 0.05) is 18.3 Å². The Hall–Kier alpha value is -2.65. The van der Waals surface area contributed by atoms with Crippen LogP contribution in [0.3, 0.4) is 0 Å². The largest absolute Gasteiger partial charge is 0.490 e. The fraction of sp³-hybridized carbons (Fsp3) is 0.400. The van der Waals surface area contributed by atoms with Crippen molar-refractivity contribution in [1.29, 1.82) is 5.41 Å². The Morgan fingerprint density at radius 3 is 2.70 bits per heavy atom. The molecule has 2 N–H and O–H groups in total. The summed E-state index contributed by atoms with van der Waals surface area (Å²) >= 11 is 6.12. The smallest absolute Gasteiger partial charge is 0.257 e. The van der Waals surface area contributed by atoms with Crippen molar-refractivity contribution in [1.82, 2.24) is 14.9 Å². The first-order valence-electron chi connectivity index (χ1n) is 9.24. The van der Waals surface area contributed by atoms with Crippen molar-refractivity contribution in [3.8, 4) is 5.75 Å². The van der Waals surface area contributed by atoms with E-state index in [1.807, 2.05) is 0 Å². The molecule has 1 aliphatic heterocycles. The lowest BCUT2D eigenvalue weighted by Crippen LogP contribution is -2.30. The summed E-state index contributed by atoms with van der Waals surface area (Å²) in [5.74, 6) is -1.28. The zero-order valence-electron chi connectivity index (χ0n) is 16.5. The molecule has 1 saturated heterocycles. The summed E-state index contributed by atoms with van der Waals surface area (Å²) in [6.45, 7) is 2.27. The first-order chi connectivity index (χ1) is 14.2. The van der Waals surface area contributed by atoms with Crippen molar-refractivity contribution in [3.05, 3.63) is 51.8 Å². The maximum atomic E-state index is 13.6. The van der Waals surface area contributed by atoms with Gasteiger partial charge in [0.25, 0.3) is 5.91 Å². The standard InChI is InChI=1S/C20H21ClF2N4O3/c1-10-18(21)11(2)26-19(25-10)15-7-27(8-16(15)24)20(29)14-4-3-12(23)5-17(14)30-9-13(28)6-22/h3-5,13,15,24,28H,6-9H2,1-2H3. The van der Waals surface area contributed by atoms with Gasteiger partial charge >= 0.3 is 0 Å². The molecular weight excluding hydrogens is 418 g/mol. The van der Waals surface area contributed by atoms with E-state index < -0.39 is 37.0 Å². The third-order valence-electron chi connectivity index (χ3n) is 4.77. The van der Waals surface area contributed by atoms with Gasteiger partial charge in [-0.2, -0.15) is 0 Å². The highest BCUT2D eigenvalue weighted by atomic mass is 35.5. The molecule has 10 heteroatoms. The van der Waals surface area contributed by atoms with Crippen molar-refractivity contribution in [3.63, 3.8) is 0 Å². The molecule has 2 heterocycles. The molecule has 1 aromatic heterocycles. The van der Waals surface area contributed by atoms with Crippen LogP contribution in [-0.2, 0) is 0 Å². The number of halogens is 3. The van der Waals surface area contributed by atoms with Gasteiger partial charge in [-0.3, -0.25) is 4.79 Å². The number of rotatable bonds is 6. The summed E-state index contributed by atoms with van der Waals surface area (Å²) in [5, 5.41) is 18.1. The number of aliphatic hydroxyl groups excluding tert-OH is 1. The number of likely N-dealkylation sites (tertiary alicyclic amines) is 1. The molecule has 1 fully saturated rings. The maximum Gasteiger partial charge on any atom is 0.257 e. The van der Waals surface area contributed by atoms with Crippen molar-refractivity contribution < 1.29 is 23.4 Å². The first kappa shape index (κ1) is 22.0.